The fourth-order valence-electron chi connectivity index (χ4n) is 3.93. The van der Waals surface area contributed by atoms with Crippen LogP contribution in [0.3, 0.4) is 0 Å². The second-order valence-electron chi connectivity index (χ2n) is 8.10. The first-order valence-electron chi connectivity index (χ1n) is 10.8. The molecule has 4 aromatic carbocycles. The van der Waals surface area contributed by atoms with Gasteiger partial charge in [0.1, 0.15) is 11.5 Å². The smallest absolute Gasteiger partial charge is 0.169 e. The van der Waals surface area contributed by atoms with Crippen LogP contribution in [0.1, 0.15) is 22.3 Å². The highest BCUT2D eigenvalue weighted by Gasteiger charge is 2.10. The third-order valence-corrected chi connectivity index (χ3v) is 5.73. The molecule has 4 heteroatoms. The fourth-order valence-corrected chi connectivity index (χ4v) is 3.93. The van der Waals surface area contributed by atoms with Crippen LogP contribution in [0.25, 0.3) is 0 Å². The highest BCUT2D eigenvalue weighted by Crippen LogP contribution is 2.34. The van der Waals surface area contributed by atoms with Crippen LogP contribution in [0.2, 0.25) is 0 Å². The molecule has 0 spiro atoms. The summed E-state index contributed by atoms with van der Waals surface area (Å²) in [6.07, 6.45) is 3.20. The summed E-state index contributed by atoms with van der Waals surface area (Å²) in [7, 11) is 0. The number of rotatable bonds is 0. The van der Waals surface area contributed by atoms with Gasteiger partial charge in [-0.05, 0) is 96.5 Å². The summed E-state index contributed by atoms with van der Waals surface area (Å²) >= 11 is 0. The topological polar surface area (TPSA) is 58.9 Å². The van der Waals surface area contributed by atoms with E-state index in [-0.39, 0.29) is 11.5 Å². The molecule has 8 heterocycles. The number of phenols is 2. The van der Waals surface area contributed by atoms with Crippen molar-refractivity contribution < 1.29 is 19.7 Å². The van der Waals surface area contributed by atoms with Crippen LogP contribution in [-0.4, -0.2) is 10.2 Å². The van der Waals surface area contributed by atoms with E-state index in [1.807, 2.05) is 54.6 Å². The molecule has 0 radical (unpaired) electrons. The Balaban J connectivity index is 1.48. The third kappa shape index (κ3) is 4.54. The summed E-state index contributed by atoms with van der Waals surface area (Å²) < 4.78 is 11.8. The maximum Gasteiger partial charge on any atom is 0.169 e. The van der Waals surface area contributed by atoms with Gasteiger partial charge in [0.25, 0.3) is 0 Å². The van der Waals surface area contributed by atoms with Gasteiger partial charge in [-0.1, -0.05) is 36.4 Å². The quantitative estimate of drug-likeness (QED) is 0.335. The van der Waals surface area contributed by atoms with Crippen LogP contribution in [-0.2, 0) is 25.7 Å². The molecule has 8 bridgehead atoms. The summed E-state index contributed by atoms with van der Waals surface area (Å²) in [5, 5.41) is 20.9. The molecular formula is C28H24O4. The summed E-state index contributed by atoms with van der Waals surface area (Å²) in [5.41, 5.74) is 4.35. The van der Waals surface area contributed by atoms with Crippen LogP contribution < -0.4 is 9.47 Å². The van der Waals surface area contributed by atoms with E-state index >= 15 is 0 Å². The Labute approximate surface area is 187 Å². The normalized spacial score (nSPS) is 13.2. The minimum absolute atomic E-state index is 0.114. The molecule has 8 aliphatic rings. The summed E-state index contributed by atoms with van der Waals surface area (Å²) in [6, 6.07) is 26.9. The Morgan fingerprint density at radius 3 is 1.56 bits per heavy atom. The van der Waals surface area contributed by atoms with Gasteiger partial charge in [-0.2, -0.15) is 0 Å². The lowest BCUT2D eigenvalue weighted by Gasteiger charge is -2.11. The second kappa shape index (κ2) is 8.67. The van der Waals surface area contributed by atoms with Crippen LogP contribution in [0.5, 0.6) is 34.5 Å². The zero-order valence-electron chi connectivity index (χ0n) is 17.6. The number of hydrogen-bond donors (Lipinski definition) is 2. The van der Waals surface area contributed by atoms with E-state index < -0.39 is 0 Å². The molecule has 4 aromatic rings. The Bertz CT molecular complexity index is 1240. The van der Waals surface area contributed by atoms with Crippen molar-refractivity contribution in [3.8, 4) is 34.5 Å². The van der Waals surface area contributed by atoms with Gasteiger partial charge >= 0.3 is 0 Å². The monoisotopic (exact) mass is 424 g/mol. The zero-order valence-corrected chi connectivity index (χ0v) is 17.6. The highest BCUT2D eigenvalue weighted by atomic mass is 16.5. The third-order valence-electron chi connectivity index (χ3n) is 5.73. The van der Waals surface area contributed by atoms with Crippen molar-refractivity contribution in [2.24, 2.45) is 0 Å². The molecule has 0 atom stereocenters. The summed E-state index contributed by atoms with van der Waals surface area (Å²) in [5.74, 6) is 2.49. The largest absolute Gasteiger partial charge is 0.504 e. The fraction of sp³-hybridized carbons (Fsp3) is 0.143. The predicted octanol–water partition coefficient (Wildman–Crippen LogP) is 6.57. The van der Waals surface area contributed by atoms with Crippen molar-refractivity contribution in [1.82, 2.24) is 0 Å². The predicted molar refractivity (Wildman–Crippen MR) is 124 cm³/mol. The maximum atomic E-state index is 10.5. The minimum Gasteiger partial charge on any atom is -0.504 e. The number of benzene rings is 4. The van der Waals surface area contributed by atoms with Gasteiger partial charge in [0, 0.05) is 0 Å². The molecular weight excluding hydrogens is 400 g/mol. The molecule has 4 nitrogen and oxygen atoms in total. The van der Waals surface area contributed by atoms with Crippen molar-refractivity contribution in [2.45, 2.75) is 25.7 Å². The van der Waals surface area contributed by atoms with E-state index in [4.69, 9.17) is 9.47 Å². The SMILES string of the molecule is Oc1cc2ccc1Oc1ccc(cc1)CCc1cccc(c1)Oc1ccc(cc1O)CC2. The average Bonchev–Trinajstić information content (AvgIpc) is 2.80. The molecule has 0 fully saturated rings. The Morgan fingerprint density at radius 1 is 0.469 bits per heavy atom. The highest BCUT2D eigenvalue weighted by molar-refractivity contribution is 5.47. The first-order valence-corrected chi connectivity index (χ1v) is 10.8. The summed E-state index contributed by atoms with van der Waals surface area (Å²) in [6.45, 7) is 0. The number of aryl methyl sites for hydroxylation is 4. The number of phenolic OH excluding ortho intramolecular Hbond substituents is 2. The van der Waals surface area contributed by atoms with Gasteiger partial charge in [0.05, 0.1) is 0 Å². The van der Waals surface area contributed by atoms with Crippen LogP contribution in [0.4, 0.5) is 0 Å². The van der Waals surface area contributed by atoms with E-state index in [0.717, 1.165) is 42.4 Å². The lowest BCUT2D eigenvalue weighted by Crippen LogP contribution is -1.93. The average molecular weight is 424 g/mol. The number of hydrogen-bond acceptors (Lipinski definition) is 4. The Kier molecular flexibility index (Phi) is 5.42. The van der Waals surface area contributed by atoms with E-state index in [9.17, 15) is 10.2 Å². The van der Waals surface area contributed by atoms with E-state index in [0.29, 0.717) is 23.0 Å². The molecule has 8 aliphatic heterocycles. The van der Waals surface area contributed by atoms with Crippen molar-refractivity contribution in [3.63, 3.8) is 0 Å². The lowest BCUT2D eigenvalue weighted by molar-refractivity contribution is 0.410. The zero-order chi connectivity index (χ0) is 21.9. The number of ether oxygens (including phenoxy) is 2. The van der Waals surface area contributed by atoms with Crippen LogP contribution >= 0.6 is 0 Å². The van der Waals surface area contributed by atoms with Crippen molar-refractivity contribution in [2.75, 3.05) is 0 Å². The van der Waals surface area contributed by atoms with Crippen LogP contribution in [0, 0.1) is 0 Å². The van der Waals surface area contributed by atoms with Gasteiger partial charge < -0.3 is 19.7 Å². The van der Waals surface area contributed by atoms with Gasteiger partial charge in [0.2, 0.25) is 0 Å². The minimum atomic E-state index is 0.114. The molecule has 160 valence electrons. The van der Waals surface area contributed by atoms with Crippen molar-refractivity contribution >= 4 is 0 Å². The van der Waals surface area contributed by atoms with Gasteiger partial charge in [-0.15, -0.1) is 0 Å². The molecule has 0 aromatic heterocycles. The second-order valence-corrected chi connectivity index (χ2v) is 8.10. The molecule has 0 amide bonds. The van der Waals surface area contributed by atoms with E-state index in [2.05, 4.69) is 6.07 Å². The molecule has 32 heavy (non-hydrogen) atoms. The maximum absolute atomic E-state index is 10.5. The lowest BCUT2D eigenvalue weighted by atomic mass is 10.0. The number of aromatic hydroxyl groups is 2. The molecule has 0 saturated carbocycles. The summed E-state index contributed by atoms with van der Waals surface area (Å²) in [4.78, 5) is 0. The molecule has 2 N–H and O–H groups in total. The van der Waals surface area contributed by atoms with Gasteiger partial charge in [-0.3, -0.25) is 0 Å². The molecule has 12 rings (SSSR count). The molecule has 0 saturated heterocycles. The first kappa shape index (κ1) is 20.0. The Morgan fingerprint density at radius 2 is 0.969 bits per heavy atom. The van der Waals surface area contributed by atoms with Gasteiger partial charge in [-0.25, -0.2) is 0 Å². The van der Waals surface area contributed by atoms with Crippen molar-refractivity contribution in [3.05, 3.63) is 107 Å². The first-order chi connectivity index (χ1) is 15.6. The van der Waals surface area contributed by atoms with E-state index in [1.54, 1.807) is 24.3 Å². The standard InChI is InChI=1S/C28H24O4/c29-25-17-21-6-7-22-11-15-28(26(30)18-22)32-24-3-1-2-20(16-24)5-4-19-8-12-23(13-9-19)31-27(25)14-10-21/h1-3,8-18,29-30H,4-7H2. The Hall–Kier alpha value is -3.92. The molecule has 0 aliphatic carbocycles. The van der Waals surface area contributed by atoms with Crippen LogP contribution in [0.15, 0.2) is 84.9 Å². The van der Waals surface area contributed by atoms with Crippen molar-refractivity contribution in [1.29, 1.82) is 0 Å². The van der Waals surface area contributed by atoms with Gasteiger partial charge in [0.15, 0.2) is 23.0 Å². The van der Waals surface area contributed by atoms with E-state index in [1.165, 1.54) is 5.56 Å². The molecule has 0 unspecified atom stereocenters.